The van der Waals surface area contributed by atoms with Gasteiger partial charge in [0, 0.05) is 44.0 Å². The lowest BCUT2D eigenvalue weighted by atomic mass is 10.1. The number of rotatable bonds is 4. The second-order valence-corrected chi connectivity index (χ2v) is 8.08. The van der Waals surface area contributed by atoms with E-state index >= 15 is 0 Å². The van der Waals surface area contributed by atoms with Crippen LogP contribution in [0.15, 0.2) is 30.3 Å². The summed E-state index contributed by atoms with van der Waals surface area (Å²) in [5, 5.41) is 1.14. The first-order valence-corrected chi connectivity index (χ1v) is 10.3. The van der Waals surface area contributed by atoms with E-state index in [1.54, 1.807) is 11.3 Å². The molecule has 2 aliphatic heterocycles. The number of likely N-dealkylation sites (N-methyl/N-ethyl adjacent to an activating group) is 1. The van der Waals surface area contributed by atoms with Gasteiger partial charge >= 0.3 is 0 Å². The molecule has 1 aromatic heterocycles. The zero-order valence-electron chi connectivity index (χ0n) is 15.4. The van der Waals surface area contributed by atoms with Gasteiger partial charge < -0.3 is 14.7 Å². The molecular formula is C20H26N4OS. The number of piperazine rings is 1. The van der Waals surface area contributed by atoms with Gasteiger partial charge in [0.1, 0.15) is 0 Å². The summed E-state index contributed by atoms with van der Waals surface area (Å²) in [6.07, 6.45) is 1.36. The quantitative estimate of drug-likeness (QED) is 0.829. The fourth-order valence-electron chi connectivity index (χ4n) is 3.67. The summed E-state index contributed by atoms with van der Waals surface area (Å²) in [6, 6.07) is 10.0. The fourth-order valence-corrected chi connectivity index (χ4v) is 4.84. The smallest absolute Gasteiger partial charge is 0.227 e. The number of hydrogen-bond acceptors (Lipinski definition) is 5. The highest BCUT2D eigenvalue weighted by molar-refractivity contribution is 7.15. The zero-order chi connectivity index (χ0) is 17.9. The molecule has 0 unspecified atom stereocenters. The summed E-state index contributed by atoms with van der Waals surface area (Å²) < 4.78 is 0. The summed E-state index contributed by atoms with van der Waals surface area (Å²) in [6.45, 7) is 9.18. The molecule has 0 atom stereocenters. The van der Waals surface area contributed by atoms with Gasteiger partial charge in [-0.1, -0.05) is 48.6 Å². The minimum absolute atomic E-state index is 0.216. The standard InChI is InChI=1S/C20H26N4OS/c1-2-22-10-12-23(13-11-22)20-21-17-8-9-24(15-18(17)26-20)19(25)14-16-6-4-3-5-7-16/h3-7H,2,8-15H2,1H3. The lowest BCUT2D eigenvalue weighted by Gasteiger charge is -2.33. The monoisotopic (exact) mass is 370 g/mol. The van der Waals surface area contributed by atoms with Crippen LogP contribution in [0.5, 0.6) is 0 Å². The van der Waals surface area contributed by atoms with Crippen molar-refractivity contribution in [2.75, 3.05) is 44.2 Å². The van der Waals surface area contributed by atoms with Gasteiger partial charge in [-0.3, -0.25) is 4.79 Å². The number of carbonyl (C=O) groups excluding carboxylic acids is 1. The minimum Gasteiger partial charge on any atom is -0.346 e. The van der Waals surface area contributed by atoms with E-state index in [0.29, 0.717) is 13.0 Å². The van der Waals surface area contributed by atoms with Crippen molar-refractivity contribution < 1.29 is 4.79 Å². The van der Waals surface area contributed by atoms with Crippen LogP contribution in [0.1, 0.15) is 23.1 Å². The Hall–Kier alpha value is -1.92. The third kappa shape index (κ3) is 3.76. The van der Waals surface area contributed by atoms with Crippen molar-refractivity contribution in [2.24, 2.45) is 0 Å². The second-order valence-electron chi connectivity index (χ2n) is 7.02. The van der Waals surface area contributed by atoms with Crippen molar-refractivity contribution >= 4 is 22.4 Å². The normalized spacial score (nSPS) is 18.0. The maximum atomic E-state index is 12.6. The molecule has 4 rings (SSSR count). The fraction of sp³-hybridized carbons (Fsp3) is 0.500. The summed E-state index contributed by atoms with van der Waals surface area (Å²) in [5.41, 5.74) is 2.29. The number of nitrogens with zero attached hydrogens (tertiary/aromatic N) is 4. The molecular weight excluding hydrogens is 344 g/mol. The summed E-state index contributed by atoms with van der Waals surface area (Å²) in [5.74, 6) is 0.216. The third-order valence-corrected chi connectivity index (χ3v) is 6.50. The molecule has 0 bridgehead atoms. The van der Waals surface area contributed by atoms with Crippen LogP contribution in [0.25, 0.3) is 0 Å². The van der Waals surface area contributed by atoms with E-state index in [1.807, 2.05) is 35.2 Å². The van der Waals surface area contributed by atoms with Gasteiger partial charge in [-0.2, -0.15) is 0 Å². The third-order valence-electron chi connectivity index (χ3n) is 5.36. The largest absolute Gasteiger partial charge is 0.346 e. The first-order valence-electron chi connectivity index (χ1n) is 9.50. The molecule has 0 spiro atoms. The van der Waals surface area contributed by atoms with Crippen molar-refractivity contribution in [1.29, 1.82) is 0 Å². The number of benzene rings is 1. The molecule has 2 aromatic rings. The SMILES string of the molecule is CCN1CCN(c2nc3c(s2)CN(C(=O)Cc2ccccc2)CC3)CC1. The van der Waals surface area contributed by atoms with Crippen LogP contribution in [0.3, 0.4) is 0 Å². The molecule has 1 saturated heterocycles. The molecule has 2 aliphatic rings. The Labute approximate surface area is 159 Å². The molecule has 3 heterocycles. The number of hydrogen-bond donors (Lipinski definition) is 0. The van der Waals surface area contributed by atoms with E-state index in [2.05, 4.69) is 16.7 Å². The molecule has 5 nitrogen and oxygen atoms in total. The summed E-state index contributed by atoms with van der Waals surface area (Å²) in [4.78, 5) is 25.7. The highest BCUT2D eigenvalue weighted by Gasteiger charge is 2.26. The highest BCUT2D eigenvalue weighted by Crippen LogP contribution is 2.31. The zero-order valence-corrected chi connectivity index (χ0v) is 16.2. The number of thiazole rings is 1. The van der Waals surface area contributed by atoms with Gasteiger partial charge in [-0.25, -0.2) is 4.98 Å². The first-order chi connectivity index (χ1) is 12.7. The topological polar surface area (TPSA) is 39.7 Å². The van der Waals surface area contributed by atoms with E-state index in [0.717, 1.165) is 56.4 Å². The Morgan fingerprint density at radius 3 is 2.62 bits per heavy atom. The first kappa shape index (κ1) is 17.5. The number of amides is 1. The number of fused-ring (bicyclic) bond motifs is 1. The molecule has 138 valence electrons. The number of carbonyl (C=O) groups is 1. The predicted molar refractivity (Wildman–Crippen MR) is 106 cm³/mol. The van der Waals surface area contributed by atoms with Crippen molar-refractivity contribution in [1.82, 2.24) is 14.8 Å². The Balaban J connectivity index is 1.40. The van der Waals surface area contributed by atoms with Gasteiger partial charge in [0.05, 0.1) is 18.7 Å². The van der Waals surface area contributed by atoms with Crippen LogP contribution < -0.4 is 4.90 Å². The minimum atomic E-state index is 0.216. The average Bonchev–Trinajstić information content (AvgIpc) is 3.12. The van der Waals surface area contributed by atoms with Gasteiger partial charge in [0.2, 0.25) is 5.91 Å². The van der Waals surface area contributed by atoms with E-state index < -0.39 is 0 Å². The van der Waals surface area contributed by atoms with Gasteiger partial charge in [-0.05, 0) is 12.1 Å². The molecule has 0 radical (unpaired) electrons. The second kappa shape index (κ2) is 7.76. The van der Waals surface area contributed by atoms with Gasteiger partial charge in [0.15, 0.2) is 5.13 Å². The molecule has 0 N–H and O–H groups in total. The van der Waals surface area contributed by atoms with Crippen LogP contribution in [0.4, 0.5) is 5.13 Å². The Morgan fingerprint density at radius 2 is 1.88 bits per heavy atom. The molecule has 0 aliphatic carbocycles. The molecule has 1 amide bonds. The van der Waals surface area contributed by atoms with E-state index in [1.165, 1.54) is 10.6 Å². The number of aromatic nitrogens is 1. The predicted octanol–water partition coefficient (Wildman–Crippen LogP) is 2.41. The maximum Gasteiger partial charge on any atom is 0.227 e. The van der Waals surface area contributed by atoms with Crippen molar-refractivity contribution in [3.63, 3.8) is 0 Å². The van der Waals surface area contributed by atoms with E-state index in [-0.39, 0.29) is 5.91 Å². The molecule has 26 heavy (non-hydrogen) atoms. The summed E-state index contributed by atoms with van der Waals surface area (Å²) >= 11 is 1.78. The van der Waals surface area contributed by atoms with Crippen LogP contribution >= 0.6 is 11.3 Å². The van der Waals surface area contributed by atoms with Gasteiger partial charge in [0.25, 0.3) is 0 Å². The van der Waals surface area contributed by atoms with Gasteiger partial charge in [-0.15, -0.1) is 0 Å². The molecule has 1 fully saturated rings. The molecule has 1 aromatic carbocycles. The molecule has 0 saturated carbocycles. The van der Waals surface area contributed by atoms with Crippen molar-refractivity contribution in [2.45, 2.75) is 26.3 Å². The average molecular weight is 371 g/mol. The van der Waals surface area contributed by atoms with Crippen LogP contribution in [-0.2, 0) is 24.2 Å². The highest BCUT2D eigenvalue weighted by atomic mass is 32.1. The van der Waals surface area contributed by atoms with Crippen molar-refractivity contribution in [3.8, 4) is 0 Å². The van der Waals surface area contributed by atoms with Crippen molar-refractivity contribution in [3.05, 3.63) is 46.5 Å². The molecule has 6 heteroatoms. The Bertz CT molecular complexity index is 752. The van der Waals surface area contributed by atoms with Crippen LogP contribution in [-0.4, -0.2) is 60.0 Å². The summed E-state index contributed by atoms with van der Waals surface area (Å²) in [7, 11) is 0. The van der Waals surface area contributed by atoms with Crippen LogP contribution in [0, 0.1) is 0 Å². The lowest BCUT2D eigenvalue weighted by molar-refractivity contribution is -0.131. The Kier molecular flexibility index (Phi) is 5.22. The Morgan fingerprint density at radius 1 is 1.12 bits per heavy atom. The lowest BCUT2D eigenvalue weighted by Crippen LogP contribution is -2.46. The maximum absolute atomic E-state index is 12.6. The van der Waals surface area contributed by atoms with E-state index in [9.17, 15) is 4.79 Å². The number of anilines is 1. The van der Waals surface area contributed by atoms with Crippen LogP contribution in [0.2, 0.25) is 0 Å². The van der Waals surface area contributed by atoms with E-state index in [4.69, 9.17) is 4.98 Å².